The van der Waals surface area contributed by atoms with Gasteiger partial charge in [-0.3, -0.25) is 9.20 Å². The second kappa shape index (κ2) is 10.2. The molecule has 0 radical (unpaired) electrons. The van der Waals surface area contributed by atoms with Crippen molar-refractivity contribution in [1.29, 1.82) is 0 Å². The number of aliphatic imine (C=N–C) groups is 1. The minimum atomic E-state index is -0.843. The van der Waals surface area contributed by atoms with Gasteiger partial charge in [-0.1, -0.05) is 13.8 Å². The highest BCUT2D eigenvalue weighted by molar-refractivity contribution is 7.86. The molecule has 2 N–H and O–H groups in total. The predicted octanol–water partition coefficient (Wildman–Crippen LogP) is 2.91. The molecule has 0 aliphatic heterocycles. The van der Waals surface area contributed by atoms with Crippen LogP contribution < -0.4 is 10.6 Å². The van der Waals surface area contributed by atoms with Crippen molar-refractivity contribution in [2.24, 2.45) is 10.9 Å². The van der Waals surface area contributed by atoms with Crippen LogP contribution in [0.4, 0.5) is 0 Å². The molecule has 126 valence electrons. The van der Waals surface area contributed by atoms with Gasteiger partial charge in [-0.25, -0.2) is 0 Å². The summed E-state index contributed by atoms with van der Waals surface area (Å²) in [6.45, 7) is 16.2. The molecule has 2 atom stereocenters. The van der Waals surface area contributed by atoms with Crippen molar-refractivity contribution in [3.63, 3.8) is 0 Å². The molecule has 0 fully saturated rings. The van der Waals surface area contributed by atoms with Gasteiger partial charge in [0.1, 0.15) is 0 Å². The maximum Gasteiger partial charge on any atom is 0.191 e. The van der Waals surface area contributed by atoms with Gasteiger partial charge in [-0.15, -0.1) is 0 Å². The Balaban J connectivity index is 4.33. The van der Waals surface area contributed by atoms with E-state index in [4.69, 9.17) is 0 Å². The summed E-state index contributed by atoms with van der Waals surface area (Å²) in [5.74, 6) is 2.17. The third-order valence-corrected chi connectivity index (χ3v) is 5.05. The predicted molar refractivity (Wildman–Crippen MR) is 95.4 cm³/mol. The maximum atomic E-state index is 12.0. The number of hydrogen-bond acceptors (Lipinski definition) is 2. The SMILES string of the molecule is CCNC(=NCCS(=O)C(C)(C)C)NC(C)CCC(C)C. The Bertz CT molecular complexity index is 335. The smallest absolute Gasteiger partial charge is 0.191 e. The minimum absolute atomic E-state index is 0.161. The molecule has 5 heteroatoms. The number of hydrogen-bond donors (Lipinski definition) is 2. The Labute approximate surface area is 134 Å². The lowest BCUT2D eigenvalue weighted by Crippen LogP contribution is -2.42. The molecule has 0 bridgehead atoms. The Morgan fingerprint density at radius 2 is 1.81 bits per heavy atom. The minimum Gasteiger partial charge on any atom is -0.357 e. The standard InChI is InChI=1S/C16H35N3OS/c1-8-17-15(19-14(4)10-9-13(2)3)18-11-12-21(20)16(5,6)7/h13-14H,8-12H2,1-7H3,(H2,17,18,19). The quantitative estimate of drug-likeness (QED) is 0.534. The van der Waals surface area contributed by atoms with E-state index in [-0.39, 0.29) is 4.75 Å². The van der Waals surface area contributed by atoms with Crippen molar-refractivity contribution in [1.82, 2.24) is 10.6 Å². The number of nitrogens with zero attached hydrogens (tertiary/aromatic N) is 1. The van der Waals surface area contributed by atoms with E-state index in [1.165, 1.54) is 6.42 Å². The topological polar surface area (TPSA) is 53.5 Å². The Morgan fingerprint density at radius 1 is 1.19 bits per heavy atom. The van der Waals surface area contributed by atoms with E-state index in [0.717, 1.165) is 24.8 Å². The number of guanidine groups is 1. The number of nitrogens with one attached hydrogen (secondary N) is 2. The van der Waals surface area contributed by atoms with E-state index >= 15 is 0 Å². The van der Waals surface area contributed by atoms with Crippen LogP contribution in [0.15, 0.2) is 4.99 Å². The molecule has 2 unspecified atom stereocenters. The fourth-order valence-electron chi connectivity index (χ4n) is 1.76. The highest BCUT2D eigenvalue weighted by atomic mass is 32.2. The van der Waals surface area contributed by atoms with Crippen LogP contribution in [0.5, 0.6) is 0 Å². The monoisotopic (exact) mass is 317 g/mol. The molecule has 0 aromatic rings. The van der Waals surface area contributed by atoms with Crippen molar-refractivity contribution in [2.75, 3.05) is 18.8 Å². The zero-order valence-corrected chi connectivity index (χ0v) is 15.8. The molecule has 0 rings (SSSR count). The second-order valence-corrected chi connectivity index (χ2v) is 9.26. The van der Waals surface area contributed by atoms with Crippen LogP contribution in [0.1, 0.15) is 61.3 Å². The van der Waals surface area contributed by atoms with E-state index < -0.39 is 10.8 Å². The van der Waals surface area contributed by atoms with Crippen molar-refractivity contribution < 1.29 is 4.21 Å². The highest BCUT2D eigenvalue weighted by Crippen LogP contribution is 2.11. The van der Waals surface area contributed by atoms with Crippen molar-refractivity contribution in [2.45, 2.75) is 72.1 Å². The molecule has 0 amide bonds. The summed E-state index contributed by atoms with van der Waals surface area (Å²) in [6, 6.07) is 0.401. The largest absolute Gasteiger partial charge is 0.357 e. The summed E-state index contributed by atoms with van der Waals surface area (Å²) in [6.07, 6.45) is 2.34. The lowest BCUT2D eigenvalue weighted by atomic mass is 10.0. The van der Waals surface area contributed by atoms with Gasteiger partial charge >= 0.3 is 0 Å². The molecule has 0 spiro atoms. The normalized spacial score (nSPS) is 15.9. The number of rotatable bonds is 8. The average Bonchev–Trinajstić information content (AvgIpc) is 2.35. The first-order chi connectivity index (χ1) is 9.66. The van der Waals surface area contributed by atoms with Crippen LogP contribution in [0, 0.1) is 5.92 Å². The van der Waals surface area contributed by atoms with Gasteiger partial charge < -0.3 is 10.6 Å². The van der Waals surface area contributed by atoms with Crippen LogP contribution in [0.2, 0.25) is 0 Å². The zero-order chi connectivity index (χ0) is 16.5. The van der Waals surface area contributed by atoms with Gasteiger partial charge in [0.25, 0.3) is 0 Å². The van der Waals surface area contributed by atoms with Crippen LogP contribution in [0.25, 0.3) is 0 Å². The van der Waals surface area contributed by atoms with E-state index in [2.05, 4.69) is 43.3 Å². The Kier molecular flexibility index (Phi) is 9.92. The lowest BCUT2D eigenvalue weighted by Gasteiger charge is -2.19. The molecule has 0 saturated carbocycles. The van der Waals surface area contributed by atoms with Gasteiger partial charge in [0.2, 0.25) is 0 Å². The van der Waals surface area contributed by atoms with Crippen molar-refractivity contribution in [3.8, 4) is 0 Å². The first-order valence-corrected chi connectivity index (χ1v) is 9.42. The highest BCUT2D eigenvalue weighted by Gasteiger charge is 2.18. The summed E-state index contributed by atoms with van der Waals surface area (Å²) in [7, 11) is -0.843. The maximum absolute atomic E-state index is 12.0. The van der Waals surface area contributed by atoms with Crippen LogP contribution in [-0.4, -0.2) is 39.8 Å². The zero-order valence-electron chi connectivity index (χ0n) is 15.0. The summed E-state index contributed by atoms with van der Waals surface area (Å²) >= 11 is 0. The molecular weight excluding hydrogens is 282 g/mol. The third kappa shape index (κ3) is 10.7. The van der Waals surface area contributed by atoms with Gasteiger partial charge in [0, 0.05) is 33.9 Å². The van der Waals surface area contributed by atoms with Gasteiger partial charge in [0.05, 0.1) is 6.54 Å². The molecule has 0 heterocycles. The average molecular weight is 318 g/mol. The fourth-order valence-corrected chi connectivity index (χ4v) is 2.62. The molecule has 0 aliphatic carbocycles. The molecule has 0 saturated heterocycles. The van der Waals surface area contributed by atoms with Gasteiger partial charge in [-0.2, -0.15) is 0 Å². The summed E-state index contributed by atoms with van der Waals surface area (Å²) in [5, 5.41) is 6.68. The molecular formula is C16H35N3OS. The first-order valence-electron chi connectivity index (χ1n) is 8.10. The van der Waals surface area contributed by atoms with Crippen LogP contribution in [0.3, 0.4) is 0 Å². The first kappa shape index (κ1) is 20.4. The Hall–Kier alpha value is -0.580. The van der Waals surface area contributed by atoms with Gasteiger partial charge in [0.15, 0.2) is 5.96 Å². The van der Waals surface area contributed by atoms with E-state index in [9.17, 15) is 4.21 Å². The van der Waals surface area contributed by atoms with Crippen LogP contribution in [-0.2, 0) is 10.8 Å². The molecule has 0 aromatic carbocycles. The van der Waals surface area contributed by atoms with E-state index in [1.54, 1.807) is 0 Å². The second-order valence-electron chi connectivity index (χ2n) is 6.94. The van der Waals surface area contributed by atoms with Crippen LogP contribution >= 0.6 is 0 Å². The van der Waals surface area contributed by atoms with E-state index in [1.807, 2.05) is 20.8 Å². The summed E-state index contributed by atoms with van der Waals surface area (Å²) in [4.78, 5) is 4.54. The third-order valence-electron chi connectivity index (χ3n) is 3.13. The molecule has 0 aliphatic rings. The van der Waals surface area contributed by atoms with E-state index in [0.29, 0.717) is 18.3 Å². The van der Waals surface area contributed by atoms with Gasteiger partial charge in [-0.05, 0) is 53.4 Å². The Morgan fingerprint density at radius 3 is 2.29 bits per heavy atom. The fraction of sp³-hybridized carbons (Fsp3) is 0.938. The molecule has 21 heavy (non-hydrogen) atoms. The van der Waals surface area contributed by atoms with Crippen molar-refractivity contribution >= 4 is 16.8 Å². The molecule has 4 nitrogen and oxygen atoms in total. The lowest BCUT2D eigenvalue weighted by molar-refractivity contribution is 0.489. The summed E-state index contributed by atoms with van der Waals surface area (Å²) < 4.78 is 11.8. The van der Waals surface area contributed by atoms with Crippen molar-refractivity contribution in [3.05, 3.63) is 0 Å². The molecule has 0 aromatic heterocycles. The summed E-state index contributed by atoms with van der Waals surface area (Å²) in [5.41, 5.74) is 0.